The summed E-state index contributed by atoms with van der Waals surface area (Å²) in [7, 11) is 0. The highest BCUT2D eigenvalue weighted by Gasteiger charge is 1.98. The normalized spacial score (nSPS) is 11.4. The molecule has 2 aromatic rings. The average molecular weight is 315 g/mol. The van der Waals surface area contributed by atoms with E-state index >= 15 is 0 Å². The number of thiazole rings is 2. The molecule has 0 fully saturated rings. The summed E-state index contributed by atoms with van der Waals surface area (Å²) in [5.74, 6) is 1.98. The van der Waals surface area contributed by atoms with Crippen LogP contribution in [0.3, 0.4) is 0 Å². The molecule has 2 aromatic heterocycles. The molecule has 0 saturated carbocycles. The Kier molecular flexibility index (Phi) is 5.75. The molecule has 0 radical (unpaired) electrons. The highest BCUT2D eigenvalue weighted by atomic mass is 32.2. The maximum absolute atomic E-state index is 4.41. The summed E-state index contributed by atoms with van der Waals surface area (Å²) >= 11 is 7.01. The first-order valence-electron chi connectivity index (χ1n) is 5.49. The Morgan fingerprint density at radius 3 is 1.72 bits per heavy atom. The van der Waals surface area contributed by atoms with Gasteiger partial charge in [0, 0.05) is 33.7 Å². The third-order valence-corrected chi connectivity index (χ3v) is 6.15. The van der Waals surface area contributed by atoms with Gasteiger partial charge in [0.05, 0.1) is 0 Å². The van der Waals surface area contributed by atoms with E-state index in [9.17, 15) is 0 Å². The molecule has 0 aromatic carbocycles. The van der Waals surface area contributed by atoms with Crippen molar-refractivity contribution in [3.8, 4) is 0 Å². The van der Waals surface area contributed by atoms with Crippen molar-refractivity contribution in [3.05, 3.63) is 34.3 Å². The summed E-state index contributed by atoms with van der Waals surface area (Å²) in [5.41, 5.74) is 2.22. The van der Waals surface area contributed by atoms with Crippen LogP contribution >= 0.6 is 46.2 Å². The van der Waals surface area contributed by atoms with Crippen molar-refractivity contribution in [2.45, 2.75) is 22.5 Å². The molecule has 2 heterocycles. The van der Waals surface area contributed by atoms with E-state index in [4.69, 9.17) is 0 Å². The van der Waals surface area contributed by atoms with Gasteiger partial charge in [-0.15, -0.1) is 22.7 Å². The van der Waals surface area contributed by atoms with E-state index in [-0.39, 0.29) is 0 Å². The van der Waals surface area contributed by atoms with E-state index in [0.29, 0.717) is 0 Å². The largest absolute Gasteiger partial charge is 0.235 e. The SMILES string of the molecule is Cc1csc(SCC=CCSc2nc(C)cs2)n1. The predicted octanol–water partition coefficient (Wildman–Crippen LogP) is 4.66. The van der Waals surface area contributed by atoms with Crippen LogP contribution in [0.2, 0.25) is 0 Å². The second-order valence-electron chi connectivity index (χ2n) is 3.60. The second-order valence-corrected chi connectivity index (χ2v) is 7.85. The predicted molar refractivity (Wildman–Crippen MR) is 84.3 cm³/mol. The van der Waals surface area contributed by atoms with Crippen molar-refractivity contribution in [3.63, 3.8) is 0 Å². The Hall–Kier alpha value is -0.300. The highest BCUT2D eigenvalue weighted by Crippen LogP contribution is 2.23. The number of rotatable bonds is 6. The second kappa shape index (κ2) is 7.33. The molecule has 0 bridgehead atoms. The van der Waals surface area contributed by atoms with Gasteiger partial charge in [0.2, 0.25) is 0 Å². The maximum Gasteiger partial charge on any atom is 0.150 e. The third kappa shape index (κ3) is 4.76. The van der Waals surface area contributed by atoms with Crippen LogP contribution in [0.15, 0.2) is 31.6 Å². The van der Waals surface area contributed by atoms with Crippen molar-refractivity contribution in [1.29, 1.82) is 0 Å². The summed E-state index contributed by atoms with van der Waals surface area (Å²) in [6.07, 6.45) is 4.41. The third-order valence-electron chi connectivity index (χ3n) is 1.97. The van der Waals surface area contributed by atoms with Crippen LogP contribution < -0.4 is 0 Å². The average Bonchev–Trinajstić information content (AvgIpc) is 2.93. The van der Waals surface area contributed by atoms with Crippen molar-refractivity contribution < 1.29 is 0 Å². The topological polar surface area (TPSA) is 25.8 Å². The molecule has 0 unspecified atom stereocenters. The van der Waals surface area contributed by atoms with E-state index in [1.807, 2.05) is 13.8 Å². The van der Waals surface area contributed by atoms with Gasteiger partial charge in [-0.3, -0.25) is 0 Å². The summed E-state index contributed by atoms with van der Waals surface area (Å²) < 4.78 is 2.31. The standard InChI is InChI=1S/C12H14N2S4/c1-9-7-17-11(13-9)15-5-3-4-6-16-12-14-10(2)8-18-12/h3-4,7-8H,5-6H2,1-2H3. The minimum atomic E-state index is 0.990. The zero-order valence-corrected chi connectivity index (χ0v) is 13.5. The van der Waals surface area contributed by atoms with Crippen molar-refractivity contribution in [2.24, 2.45) is 0 Å². The molecule has 0 saturated heterocycles. The summed E-state index contributed by atoms with van der Waals surface area (Å²) in [6.45, 7) is 4.06. The quantitative estimate of drug-likeness (QED) is 0.572. The van der Waals surface area contributed by atoms with Gasteiger partial charge in [-0.05, 0) is 13.8 Å². The minimum absolute atomic E-state index is 0.990. The zero-order valence-electron chi connectivity index (χ0n) is 10.3. The van der Waals surface area contributed by atoms with Crippen LogP contribution in [-0.2, 0) is 0 Å². The Morgan fingerprint density at radius 2 is 1.39 bits per heavy atom. The van der Waals surface area contributed by atoms with Crippen LogP contribution in [0, 0.1) is 13.8 Å². The molecule has 96 valence electrons. The number of hydrogen-bond donors (Lipinski definition) is 0. The van der Waals surface area contributed by atoms with Crippen molar-refractivity contribution >= 4 is 46.2 Å². The number of thioether (sulfide) groups is 2. The lowest BCUT2D eigenvalue weighted by atomic mass is 10.6. The fraction of sp³-hybridized carbons (Fsp3) is 0.333. The van der Waals surface area contributed by atoms with Gasteiger partial charge in [-0.2, -0.15) is 0 Å². The van der Waals surface area contributed by atoms with E-state index in [1.165, 1.54) is 0 Å². The Balaban J connectivity index is 1.63. The lowest BCUT2D eigenvalue weighted by Crippen LogP contribution is -1.76. The number of hydrogen-bond acceptors (Lipinski definition) is 6. The van der Waals surface area contributed by atoms with Gasteiger partial charge >= 0.3 is 0 Å². The van der Waals surface area contributed by atoms with Gasteiger partial charge < -0.3 is 0 Å². The Labute approximate surface area is 124 Å². The molecule has 18 heavy (non-hydrogen) atoms. The number of nitrogens with zero attached hydrogens (tertiary/aromatic N) is 2. The molecule has 0 atom stereocenters. The molecular weight excluding hydrogens is 300 g/mol. The van der Waals surface area contributed by atoms with Crippen molar-refractivity contribution in [2.75, 3.05) is 11.5 Å². The fourth-order valence-corrected chi connectivity index (χ4v) is 4.62. The smallest absolute Gasteiger partial charge is 0.150 e. The van der Waals surface area contributed by atoms with E-state index in [0.717, 1.165) is 31.6 Å². The summed E-state index contributed by atoms with van der Waals surface area (Å²) in [4.78, 5) is 8.83. The first-order valence-corrected chi connectivity index (χ1v) is 9.22. The van der Waals surface area contributed by atoms with Gasteiger partial charge in [0.15, 0.2) is 0 Å². The van der Waals surface area contributed by atoms with E-state index < -0.39 is 0 Å². The molecule has 2 nitrogen and oxygen atoms in total. The molecule has 0 amide bonds. The van der Waals surface area contributed by atoms with Crippen LogP contribution in [0.25, 0.3) is 0 Å². The van der Waals surface area contributed by atoms with Gasteiger partial charge in [0.1, 0.15) is 8.68 Å². The summed E-state index contributed by atoms with van der Waals surface area (Å²) in [6, 6.07) is 0. The molecule has 0 aliphatic carbocycles. The monoisotopic (exact) mass is 314 g/mol. The number of aryl methyl sites for hydroxylation is 2. The maximum atomic E-state index is 4.41. The fourth-order valence-electron chi connectivity index (χ4n) is 1.17. The molecule has 0 spiro atoms. The van der Waals surface area contributed by atoms with Crippen LogP contribution in [0.5, 0.6) is 0 Å². The lowest BCUT2D eigenvalue weighted by molar-refractivity contribution is 1.16. The molecule has 2 rings (SSSR count). The molecule has 0 aliphatic heterocycles. The Bertz CT molecular complexity index is 469. The molecular formula is C12H14N2S4. The highest BCUT2D eigenvalue weighted by molar-refractivity contribution is 8.01. The van der Waals surface area contributed by atoms with Gasteiger partial charge in [-0.1, -0.05) is 35.7 Å². The Morgan fingerprint density at radius 1 is 0.944 bits per heavy atom. The number of aromatic nitrogens is 2. The van der Waals surface area contributed by atoms with Crippen molar-refractivity contribution in [1.82, 2.24) is 9.97 Å². The molecule has 0 aliphatic rings. The summed E-state index contributed by atoms with van der Waals surface area (Å²) in [5, 5.41) is 4.18. The molecule has 6 heteroatoms. The first kappa shape index (κ1) is 14.1. The van der Waals surface area contributed by atoms with Crippen LogP contribution in [0.1, 0.15) is 11.4 Å². The van der Waals surface area contributed by atoms with Crippen LogP contribution in [-0.4, -0.2) is 21.5 Å². The van der Waals surface area contributed by atoms with Gasteiger partial charge in [0.25, 0.3) is 0 Å². The zero-order chi connectivity index (χ0) is 12.8. The lowest BCUT2D eigenvalue weighted by Gasteiger charge is -1.92. The first-order chi connectivity index (χ1) is 8.74. The van der Waals surface area contributed by atoms with E-state index in [2.05, 4.69) is 32.9 Å². The van der Waals surface area contributed by atoms with Crippen LogP contribution in [0.4, 0.5) is 0 Å². The molecule has 0 N–H and O–H groups in total. The van der Waals surface area contributed by atoms with Gasteiger partial charge in [-0.25, -0.2) is 9.97 Å². The minimum Gasteiger partial charge on any atom is -0.235 e. The van der Waals surface area contributed by atoms with E-state index in [1.54, 1.807) is 46.2 Å².